The summed E-state index contributed by atoms with van der Waals surface area (Å²) in [7, 11) is 0. The zero-order valence-corrected chi connectivity index (χ0v) is 13.2. The molecule has 1 aromatic rings. The van der Waals surface area contributed by atoms with E-state index in [0.29, 0.717) is 18.2 Å². The Labute approximate surface area is 125 Å². The first-order valence-corrected chi connectivity index (χ1v) is 7.50. The highest BCUT2D eigenvalue weighted by Crippen LogP contribution is 2.18. The molecule has 0 radical (unpaired) electrons. The summed E-state index contributed by atoms with van der Waals surface area (Å²) in [5.41, 5.74) is 0.204. The quantitative estimate of drug-likeness (QED) is 0.774. The molecule has 0 aromatic carbocycles. The van der Waals surface area contributed by atoms with Crippen molar-refractivity contribution in [3.8, 4) is 0 Å². The number of aliphatic hydroxyl groups is 1. The van der Waals surface area contributed by atoms with E-state index < -0.39 is 0 Å². The number of hydrogen-bond acceptors (Lipinski definition) is 4. The number of unbranched alkanes of at least 4 members (excludes halogenated alkanes) is 1. The molecule has 0 fully saturated rings. The molecular formula is C14H24ClN3O2. The Morgan fingerprint density at radius 2 is 2.20 bits per heavy atom. The molecule has 1 atom stereocenters. The van der Waals surface area contributed by atoms with Crippen LogP contribution in [0.5, 0.6) is 0 Å². The summed E-state index contributed by atoms with van der Waals surface area (Å²) < 4.78 is 1.38. The Kier molecular flexibility index (Phi) is 7.02. The normalized spacial score (nSPS) is 12.7. The van der Waals surface area contributed by atoms with E-state index in [1.165, 1.54) is 4.68 Å². The number of nitrogens with zero attached hydrogens (tertiary/aromatic N) is 2. The maximum atomic E-state index is 12.1. The summed E-state index contributed by atoms with van der Waals surface area (Å²) in [6.45, 7) is 6.78. The number of hydrogen-bond donors (Lipinski definition) is 2. The van der Waals surface area contributed by atoms with Gasteiger partial charge in [0.2, 0.25) is 0 Å². The fourth-order valence-corrected chi connectivity index (χ4v) is 2.20. The van der Waals surface area contributed by atoms with Crippen LogP contribution < -0.4 is 10.9 Å². The lowest BCUT2D eigenvalue weighted by atomic mass is 10.0. The number of aromatic nitrogens is 2. The van der Waals surface area contributed by atoms with Crippen LogP contribution >= 0.6 is 11.6 Å². The Balaban J connectivity index is 2.86. The lowest BCUT2D eigenvalue weighted by Gasteiger charge is -2.20. The van der Waals surface area contributed by atoms with Gasteiger partial charge in [-0.1, -0.05) is 38.8 Å². The molecule has 0 spiro atoms. The summed E-state index contributed by atoms with van der Waals surface area (Å²) in [6, 6.07) is -0.125. The first kappa shape index (κ1) is 17.0. The third-order valence-electron chi connectivity index (χ3n) is 3.04. The summed E-state index contributed by atoms with van der Waals surface area (Å²) in [5, 5.41) is 16.7. The van der Waals surface area contributed by atoms with Gasteiger partial charge < -0.3 is 10.4 Å². The number of anilines is 1. The van der Waals surface area contributed by atoms with Gasteiger partial charge in [-0.05, 0) is 18.8 Å². The SMILES string of the molecule is CCCCn1ncc(NC(CO)CC(C)C)c(Cl)c1=O. The van der Waals surface area contributed by atoms with Crippen molar-refractivity contribution in [2.45, 2.75) is 52.6 Å². The first-order chi connectivity index (χ1) is 9.49. The molecule has 0 bridgehead atoms. The summed E-state index contributed by atoms with van der Waals surface area (Å²) in [5.74, 6) is 0.441. The van der Waals surface area contributed by atoms with Crippen LogP contribution in [0.15, 0.2) is 11.0 Å². The number of rotatable bonds is 8. The van der Waals surface area contributed by atoms with E-state index in [9.17, 15) is 9.90 Å². The molecular weight excluding hydrogens is 278 g/mol. The maximum absolute atomic E-state index is 12.1. The monoisotopic (exact) mass is 301 g/mol. The van der Waals surface area contributed by atoms with Gasteiger partial charge in [0, 0.05) is 12.6 Å². The molecule has 0 aliphatic carbocycles. The van der Waals surface area contributed by atoms with Crippen LogP contribution in [0, 0.1) is 5.92 Å². The molecule has 114 valence electrons. The highest BCUT2D eigenvalue weighted by molar-refractivity contribution is 6.32. The van der Waals surface area contributed by atoms with Crippen molar-refractivity contribution < 1.29 is 5.11 Å². The van der Waals surface area contributed by atoms with Crippen LogP contribution in [-0.2, 0) is 6.54 Å². The largest absolute Gasteiger partial charge is 0.394 e. The third kappa shape index (κ3) is 4.80. The van der Waals surface area contributed by atoms with Crippen molar-refractivity contribution >= 4 is 17.3 Å². The van der Waals surface area contributed by atoms with Crippen LogP contribution in [0.2, 0.25) is 5.02 Å². The smallest absolute Gasteiger partial charge is 0.287 e. The van der Waals surface area contributed by atoms with E-state index in [1.54, 1.807) is 6.20 Å². The molecule has 1 unspecified atom stereocenters. The van der Waals surface area contributed by atoms with Gasteiger partial charge in [-0.2, -0.15) is 5.10 Å². The second-order valence-electron chi connectivity index (χ2n) is 5.41. The number of aryl methyl sites for hydroxylation is 1. The molecule has 0 aliphatic rings. The predicted molar refractivity (Wildman–Crippen MR) is 82.4 cm³/mol. The van der Waals surface area contributed by atoms with Crippen molar-refractivity contribution in [3.63, 3.8) is 0 Å². The van der Waals surface area contributed by atoms with E-state index >= 15 is 0 Å². The topological polar surface area (TPSA) is 67.2 Å². The molecule has 20 heavy (non-hydrogen) atoms. The van der Waals surface area contributed by atoms with Gasteiger partial charge in [-0.15, -0.1) is 0 Å². The van der Waals surface area contributed by atoms with Crippen molar-refractivity contribution in [2.24, 2.45) is 5.92 Å². The minimum Gasteiger partial charge on any atom is -0.394 e. The molecule has 6 heteroatoms. The van der Waals surface area contributed by atoms with E-state index in [1.807, 2.05) is 0 Å². The maximum Gasteiger partial charge on any atom is 0.287 e. The predicted octanol–water partition coefficient (Wildman–Crippen LogP) is 2.52. The fourth-order valence-electron chi connectivity index (χ4n) is 2.00. The molecule has 0 saturated carbocycles. The van der Waals surface area contributed by atoms with Crippen LogP contribution in [0.3, 0.4) is 0 Å². The lowest BCUT2D eigenvalue weighted by Crippen LogP contribution is -2.29. The van der Waals surface area contributed by atoms with Crippen LogP contribution in [0.4, 0.5) is 5.69 Å². The molecule has 0 saturated heterocycles. The molecule has 1 rings (SSSR count). The average molecular weight is 302 g/mol. The standard InChI is InChI=1S/C14H24ClN3O2/c1-4-5-6-18-14(20)13(15)12(8-16-18)17-11(9-19)7-10(2)3/h8,10-11,17,19H,4-7,9H2,1-3H3. The van der Waals surface area contributed by atoms with Crippen LogP contribution in [0.25, 0.3) is 0 Å². The minimum absolute atomic E-state index is 0.00652. The number of aliphatic hydroxyl groups excluding tert-OH is 1. The van der Waals surface area contributed by atoms with Gasteiger partial charge in [-0.3, -0.25) is 4.79 Å². The van der Waals surface area contributed by atoms with Gasteiger partial charge >= 0.3 is 0 Å². The average Bonchev–Trinajstić information content (AvgIpc) is 2.41. The van der Waals surface area contributed by atoms with Gasteiger partial charge in [0.15, 0.2) is 0 Å². The van der Waals surface area contributed by atoms with Crippen molar-refractivity contribution in [1.82, 2.24) is 9.78 Å². The van der Waals surface area contributed by atoms with Crippen molar-refractivity contribution in [2.75, 3.05) is 11.9 Å². The lowest BCUT2D eigenvalue weighted by molar-refractivity contribution is 0.259. The van der Waals surface area contributed by atoms with Gasteiger partial charge in [-0.25, -0.2) is 4.68 Å². The number of halogens is 1. The number of nitrogens with one attached hydrogen (secondary N) is 1. The van der Waals surface area contributed by atoms with Gasteiger partial charge in [0.1, 0.15) is 5.02 Å². The Morgan fingerprint density at radius 1 is 1.50 bits per heavy atom. The molecule has 0 amide bonds. The van der Waals surface area contributed by atoms with E-state index in [-0.39, 0.29) is 23.2 Å². The first-order valence-electron chi connectivity index (χ1n) is 7.12. The summed E-state index contributed by atoms with van der Waals surface area (Å²) in [4.78, 5) is 12.1. The fraction of sp³-hybridized carbons (Fsp3) is 0.714. The van der Waals surface area contributed by atoms with Crippen LogP contribution in [0.1, 0.15) is 40.0 Å². The van der Waals surface area contributed by atoms with Crippen molar-refractivity contribution in [3.05, 3.63) is 21.6 Å². The minimum atomic E-state index is -0.286. The van der Waals surface area contributed by atoms with Crippen LogP contribution in [-0.4, -0.2) is 27.5 Å². The van der Waals surface area contributed by atoms with Gasteiger partial charge in [0.05, 0.1) is 18.5 Å². The second-order valence-corrected chi connectivity index (χ2v) is 5.79. The van der Waals surface area contributed by atoms with Crippen molar-refractivity contribution in [1.29, 1.82) is 0 Å². The molecule has 0 aliphatic heterocycles. The Bertz CT molecular complexity index is 474. The highest BCUT2D eigenvalue weighted by atomic mass is 35.5. The highest BCUT2D eigenvalue weighted by Gasteiger charge is 2.14. The zero-order chi connectivity index (χ0) is 15.1. The molecule has 1 heterocycles. The molecule has 5 nitrogen and oxygen atoms in total. The Hall–Kier alpha value is -1.07. The molecule has 2 N–H and O–H groups in total. The summed E-state index contributed by atoms with van der Waals surface area (Å²) >= 11 is 6.10. The third-order valence-corrected chi connectivity index (χ3v) is 3.41. The summed E-state index contributed by atoms with van der Waals surface area (Å²) in [6.07, 6.45) is 4.24. The molecule has 1 aromatic heterocycles. The van der Waals surface area contributed by atoms with E-state index in [2.05, 4.69) is 31.2 Å². The van der Waals surface area contributed by atoms with Gasteiger partial charge in [0.25, 0.3) is 5.56 Å². The Morgan fingerprint density at radius 3 is 2.75 bits per heavy atom. The second kappa shape index (κ2) is 8.27. The zero-order valence-electron chi connectivity index (χ0n) is 12.4. The van der Waals surface area contributed by atoms with E-state index in [0.717, 1.165) is 19.3 Å². The van der Waals surface area contributed by atoms with E-state index in [4.69, 9.17) is 11.6 Å².